The van der Waals surface area contributed by atoms with Crippen molar-refractivity contribution in [3.05, 3.63) is 99.5 Å². The summed E-state index contributed by atoms with van der Waals surface area (Å²) < 4.78 is 32.8. The van der Waals surface area contributed by atoms with Crippen molar-refractivity contribution >= 4 is 23.2 Å². The molecular weight excluding hydrogens is 463 g/mol. The van der Waals surface area contributed by atoms with Crippen LogP contribution >= 0.6 is 23.2 Å². The van der Waals surface area contributed by atoms with Crippen molar-refractivity contribution in [2.24, 2.45) is 5.92 Å². The fourth-order valence-electron chi connectivity index (χ4n) is 4.67. The highest BCUT2D eigenvalue weighted by Crippen LogP contribution is 2.38. The van der Waals surface area contributed by atoms with Crippen molar-refractivity contribution in [1.29, 1.82) is 0 Å². The molecule has 1 fully saturated rings. The fraction of sp³-hybridized carbons (Fsp3) is 0.333. The van der Waals surface area contributed by atoms with Gasteiger partial charge in [0, 0.05) is 12.5 Å². The first-order valence-corrected chi connectivity index (χ1v) is 12.1. The summed E-state index contributed by atoms with van der Waals surface area (Å²) in [6, 6.07) is 18.8. The van der Waals surface area contributed by atoms with Crippen molar-refractivity contribution < 1.29 is 13.5 Å². The zero-order valence-corrected chi connectivity index (χ0v) is 19.8. The molecule has 0 unspecified atom stereocenters. The SMILES string of the molecule is Fc1ccc(C(c2ccc(F)cc2)C2CCN(CCCOc3c(Cl)cccc3Cl)CC2)cc1. The van der Waals surface area contributed by atoms with Gasteiger partial charge in [-0.15, -0.1) is 0 Å². The van der Waals surface area contributed by atoms with E-state index < -0.39 is 0 Å². The van der Waals surface area contributed by atoms with Gasteiger partial charge < -0.3 is 9.64 Å². The van der Waals surface area contributed by atoms with E-state index >= 15 is 0 Å². The van der Waals surface area contributed by atoms with Gasteiger partial charge in [-0.1, -0.05) is 53.5 Å². The Balaban J connectivity index is 1.33. The second kappa shape index (κ2) is 11.3. The van der Waals surface area contributed by atoms with Gasteiger partial charge in [-0.3, -0.25) is 0 Å². The van der Waals surface area contributed by atoms with Gasteiger partial charge in [-0.05, 0) is 85.8 Å². The van der Waals surface area contributed by atoms with E-state index in [1.165, 1.54) is 24.3 Å². The maximum absolute atomic E-state index is 13.5. The molecule has 6 heteroatoms. The van der Waals surface area contributed by atoms with Gasteiger partial charge in [-0.2, -0.15) is 0 Å². The van der Waals surface area contributed by atoms with E-state index in [1.807, 2.05) is 24.3 Å². The zero-order valence-electron chi connectivity index (χ0n) is 18.3. The molecule has 0 spiro atoms. The van der Waals surface area contributed by atoms with Gasteiger partial charge in [0.05, 0.1) is 16.7 Å². The lowest BCUT2D eigenvalue weighted by Crippen LogP contribution is -2.36. The number of hydrogen-bond donors (Lipinski definition) is 0. The predicted molar refractivity (Wildman–Crippen MR) is 130 cm³/mol. The summed E-state index contributed by atoms with van der Waals surface area (Å²) in [6.45, 7) is 3.45. The van der Waals surface area contributed by atoms with Gasteiger partial charge in [0.2, 0.25) is 0 Å². The second-order valence-electron chi connectivity index (χ2n) is 8.51. The van der Waals surface area contributed by atoms with Gasteiger partial charge >= 0.3 is 0 Å². The van der Waals surface area contributed by atoms with Crippen LogP contribution in [0.5, 0.6) is 5.75 Å². The first-order chi connectivity index (χ1) is 16.0. The number of benzene rings is 3. The molecule has 3 aromatic rings. The number of rotatable bonds is 8. The van der Waals surface area contributed by atoms with E-state index in [0.717, 1.165) is 50.0 Å². The van der Waals surface area contributed by atoms with E-state index in [2.05, 4.69) is 4.90 Å². The quantitative estimate of drug-likeness (QED) is 0.302. The lowest BCUT2D eigenvalue weighted by atomic mass is 9.76. The first-order valence-electron chi connectivity index (χ1n) is 11.3. The molecule has 0 aliphatic carbocycles. The minimum Gasteiger partial charge on any atom is -0.490 e. The van der Waals surface area contributed by atoms with Crippen LogP contribution in [0.2, 0.25) is 10.0 Å². The Morgan fingerprint density at radius 1 is 0.818 bits per heavy atom. The molecular formula is C27H27Cl2F2NO. The van der Waals surface area contributed by atoms with Crippen LogP contribution in [0, 0.1) is 17.6 Å². The van der Waals surface area contributed by atoms with Gasteiger partial charge in [0.1, 0.15) is 11.6 Å². The van der Waals surface area contributed by atoms with Crippen LogP contribution in [-0.2, 0) is 0 Å². The topological polar surface area (TPSA) is 12.5 Å². The molecule has 0 amide bonds. The highest BCUT2D eigenvalue weighted by atomic mass is 35.5. The average Bonchev–Trinajstić information content (AvgIpc) is 2.82. The molecule has 174 valence electrons. The van der Waals surface area contributed by atoms with Crippen LogP contribution in [0.1, 0.15) is 36.3 Å². The summed E-state index contributed by atoms with van der Waals surface area (Å²) in [4.78, 5) is 2.44. The molecule has 3 aromatic carbocycles. The average molecular weight is 490 g/mol. The molecule has 2 nitrogen and oxygen atoms in total. The largest absolute Gasteiger partial charge is 0.490 e. The van der Waals surface area contributed by atoms with Crippen LogP contribution in [0.4, 0.5) is 8.78 Å². The Morgan fingerprint density at radius 2 is 1.33 bits per heavy atom. The number of piperidine rings is 1. The van der Waals surface area contributed by atoms with E-state index in [-0.39, 0.29) is 17.6 Å². The highest BCUT2D eigenvalue weighted by molar-refractivity contribution is 6.37. The van der Waals surface area contributed by atoms with Crippen molar-refractivity contribution in [3.8, 4) is 5.75 Å². The van der Waals surface area contributed by atoms with Crippen LogP contribution in [-0.4, -0.2) is 31.1 Å². The van der Waals surface area contributed by atoms with Crippen molar-refractivity contribution in [2.45, 2.75) is 25.2 Å². The summed E-state index contributed by atoms with van der Waals surface area (Å²) in [6.07, 6.45) is 2.93. The number of ether oxygens (including phenoxy) is 1. The third-order valence-corrected chi connectivity index (χ3v) is 6.94. The lowest BCUT2D eigenvalue weighted by molar-refractivity contribution is 0.163. The summed E-state index contributed by atoms with van der Waals surface area (Å²) >= 11 is 12.3. The first kappa shape index (κ1) is 24.0. The Hall–Kier alpha value is -2.14. The summed E-state index contributed by atoms with van der Waals surface area (Å²) in [5.74, 6) is 0.592. The molecule has 1 aliphatic rings. The maximum atomic E-state index is 13.5. The molecule has 1 saturated heterocycles. The fourth-order valence-corrected chi connectivity index (χ4v) is 5.18. The van der Waals surface area contributed by atoms with E-state index in [4.69, 9.17) is 27.9 Å². The number of para-hydroxylation sites is 1. The molecule has 0 aromatic heterocycles. The molecule has 0 atom stereocenters. The number of likely N-dealkylation sites (tertiary alicyclic amines) is 1. The Morgan fingerprint density at radius 3 is 1.85 bits per heavy atom. The van der Waals surface area contributed by atoms with Crippen LogP contribution in [0.15, 0.2) is 66.7 Å². The molecule has 0 saturated carbocycles. The van der Waals surface area contributed by atoms with Crippen molar-refractivity contribution in [3.63, 3.8) is 0 Å². The van der Waals surface area contributed by atoms with Crippen LogP contribution in [0.25, 0.3) is 0 Å². The third-order valence-electron chi connectivity index (χ3n) is 6.35. The number of nitrogens with zero attached hydrogens (tertiary/aromatic N) is 1. The molecule has 4 rings (SSSR count). The Bertz CT molecular complexity index is 969. The van der Waals surface area contributed by atoms with E-state index in [0.29, 0.717) is 28.3 Å². The predicted octanol–water partition coefficient (Wildman–Crippen LogP) is 7.58. The molecule has 33 heavy (non-hydrogen) atoms. The van der Waals surface area contributed by atoms with E-state index in [1.54, 1.807) is 18.2 Å². The Kier molecular flexibility index (Phi) is 8.24. The minimum absolute atomic E-state index is 0.124. The van der Waals surface area contributed by atoms with Crippen molar-refractivity contribution in [1.82, 2.24) is 4.90 Å². The molecule has 0 radical (unpaired) electrons. The minimum atomic E-state index is -0.244. The summed E-state index contributed by atoms with van der Waals surface area (Å²) in [7, 11) is 0. The molecule has 1 aliphatic heterocycles. The van der Waals surface area contributed by atoms with Gasteiger partial charge in [0.15, 0.2) is 5.75 Å². The number of hydrogen-bond acceptors (Lipinski definition) is 2. The molecule has 1 heterocycles. The van der Waals surface area contributed by atoms with Crippen molar-refractivity contribution in [2.75, 3.05) is 26.2 Å². The summed E-state index contributed by atoms with van der Waals surface area (Å²) in [5.41, 5.74) is 2.15. The Labute approximate surface area is 204 Å². The van der Waals surface area contributed by atoms with Crippen LogP contribution in [0.3, 0.4) is 0 Å². The number of halogens is 4. The standard InChI is InChI=1S/C27H27Cl2F2NO/c28-24-3-1-4-25(29)27(24)33-18-2-15-32-16-13-21(14-17-32)26(19-5-9-22(30)10-6-19)20-7-11-23(31)12-8-20/h1,3-12,21,26H,2,13-18H2. The third kappa shape index (κ3) is 6.26. The highest BCUT2D eigenvalue weighted by Gasteiger charge is 2.29. The monoisotopic (exact) mass is 489 g/mol. The van der Waals surface area contributed by atoms with Gasteiger partial charge in [-0.25, -0.2) is 8.78 Å². The second-order valence-corrected chi connectivity index (χ2v) is 9.33. The molecule has 0 bridgehead atoms. The normalized spacial score (nSPS) is 15.2. The smallest absolute Gasteiger partial charge is 0.156 e. The lowest BCUT2D eigenvalue weighted by Gasteiger charge is -2.36. The molecule has 0 N–H and O–H groups in total. The van der Waals surface area contributed by atoms with Gasteiger partial charge in [0.25, 0.3) is 0 Å². The van der Waals surface area contributed by atoms with Crippen LogP contribution < -0.4 is 4.74 Å². The maximum Gasteiger partial charge on any atom is 0.156 e. The summed E-state index contributed by atoms with van der Waals surface area (Å²) in [5, 5.41) is 1.05. The van der Waals surface area contributed by atoms with E-state index in [9.17, 15) is 8.78 Å². The zero-order chi connectivity index (χ0) is 23.2.